The minimum absolute atomic E-state index is 0.0191. The topological polar surface area (TPSA) is 51.7 Å². The molecule has 0 bridgehead atoms. The third kappa shape index (κ3) is 3.01. The highest BCUT2D eigenvalue weighted by Crippen LogP contribution is 2.35. The van der Waals surface area contributed by atoms with Gasteiger partial charge in [-0.15, -0.1) is 0 Å². The summed E-state index contributed by atoms with van der Waals surface area (Å²) in [6.07, 6.45) is -3.02. The Labute approximate surface area is 125 Å². The van der Waals surface area contributed by atoms with E-state index in [1.807, 2.05) is 0 Å². The van der Waals surface area contributed by atoms with E-state index in [9.17, 15) is 18.0 Å². The van der Waals surface area contributed by atoms with Crippen molar-refractivity contribution in [3.8, 4) is 5.88 Å². The summed E-state index contributed by atoms with van der Waals surface area (Å²) in [4.78, 5) is 17.3. The zero-order valence-electron chi connectivity index (χ0n) is 11.7. The van der Waals surface area contributed by atoms with E-state index in [0.29, 0.717) is 19.6 Å². The van der Waals surface area contributed by atoms with Crippen molar-refractivity contribution in [2.75, 3.05) is 26.3 Å². The molecule has 1 unspecified atom stereocenters. The van der Waals surface area contributed by atoms with Gasteiger partial charge in [0.05, 0.1) is 25.6 Å². The van der Waals surface area contributed by atoms with E-state index in [1.54, 1.807) is 4.90 Å². The monoisotopic (exact) mass is 316 g/mol. The number of carbonyl (C=O) groups is 1. The number of nitrogens with zero attached hydrogens (tertiary/aromatic N) is 2. The molecule has 2 aliphatic rings. The Morgan fingerprint density at radius 2 is 2.18 bits per heavy atom. The summed E-state index contributed by atoms with van der Waals surface area (Å²) >= 11 is 0. The van der Waals surface area contributed by atoms with Gasteiger partial charge in [-0.25, -0.2) is 4.98 Å². The van der Waals surface area contributed by atoms with Crippen LogP contribution in [0.4, 0.5) is 13.2 Å². The second-order valence-electron chi connectivity index (χ2n) is 5.40. The van der Waals surface area contributed by atoms with Crippen LogP contribution in [0.2, 0.25) is 0 Å². The number of ether oxygens (including phenoxy) is 2. The molecule has 0 saturated carbocycles. The van der Waals surface area contributed by atoms with Gasteiger partial charge in [0, 0.05) is 12.8 Å². The second-order valence-corrected chi connectivity index (χ2v) is 5.40. The SMILES string of the molecule is O=C(C1CCOC1)N1CC(Oc2ncccc2C(F)(F)F)C1. The van der Waals surface area contributed by atoms with Gasteiger partial charge < -0.3 is 14.4 Å². The van der Waals surface area contributed by atoms with Gasteiger partial charge in [-0.1, -0.05) is 0 Å². The van der Waals surface area contributed by atoms with Crippen LogP contribution in [0.25, 0.3) is 0 Å². The Morgan fingerprint density at radius 3 is 2.82 bits per heavy atom. The Morgan fingerprint density at radius 1 is 1.41 bits per heavy atom. The van der Waals surface area contributed by atoms with Crippen LogP contribution in [0.5, 0.6) is 5.88 Å². The summed E-state index contributed by atoms with van der Waals surface area (Å²) in [5.41, 5.74) is -0.899. The Bertz CT molecular complexity index is 553. The molecular formula is C14H15F3N2O3. The van der Waals surface area contributed by atoms with Gasteiger partial charge in [0.25, 0.3) is 0 Å². The average molecular weight is 316 g/mol. The molecule has 120 valence electrons. The predicted octanol–water partition coefficient (Wildman–Crippen LogP) is 1.73. The lowest BCUT2D eigenvalue weighted by Crippen LogP contribution is -2.57. The normalized spacial score (nSPS) is 22.5. The van der Waals surface area contributed by atoms with Crippen LogP contribution < -0.4 is 4.74 Å². The number of halogens is 3. The van der Waals surface area contributed by atoms with Crippen LogP contribution >= 0.6 is 0 Å². The number of aromatic nitrogens is 1. The first-order chi connectivity index (χ1) is 10.4. The molecule has 0 aromatic carbocycles. The van der Waals surface area contributed by atoms with E-state index in [0.717, 1.165) is 6.07 Å². The molecule has 1 atom stereocenters. The molecule has 3 heterocycles. The largest absolute Gasteiger partial charge is 0.470 e. The summed E-state index contributed by atoms with van der Waals surface area (Å²) in [5.74, 6) is -0.591. The van der Waals surface area contributed by atoms with Crippen LogP contribution in [0.3, 0.4) is 0 Å². The van der Waals surface area contributed by atoms with Gasteiger partial charge >= 0.3 is 6.18 Å². The predicted molar refractivity (Wildman–Crippen MR) is 69.2 cm³/mol. The van der Waals surface area contributed by atoms with E-state index >= 15 is 0 Å². The van der Waals surface area contributed by atoms with Crippen LogP contribution in [0.15, 0.2) is 18.3 Å². The lowest BCUT2D eigenvalue weighted by Gasteiger charge is -2.40. The van der Waals surface area contributed by atoms with Crippen LogP contribution in [0, 0.1) is 5.92 Å². The van der Waals surface area contributed by atoms with E-state index < -0.39 is 23.7 Å². The molecule has 1 aromatic heterocycles. The maximum atomic E-state index is 12.8. The van der Waals surface area contributed by atoms with Crippen molar-refractivity contribution in [2.45, 2.75) is 18.7 Å². The molecule has 1 aromatic rings. The Hall–Kier alpha value is -1.83. The molecule has 0 spiro atoms. The standard InChI is InChI=1S/C14H15F3N2O3/c15-14(16,17)11-2-1-4-18-12(11)22-10-6-19(7-10)13(20)9-3-5-21-8-9/h1-2,4,9-10H,3,5-8H2. The van der Waals surface area contributed by atoms with Gasteiger partial charge in [-0.2, -0.15) is 13.2 Å². The maximum Gasteiger partial charge on any atom is 0.421 e. The smallest absolute Gasteiger partial charge is 0.421 e. The number of alkyl halides is 3. The molecule has 1 amide bonds. The summed E-state index contributed by atoms with van der Waals surface area (Å²) < 4.78 is 48.9. The van der Waals surface area contributed by atoms with Crippen LogP contribution in [-0.2, 0) is 15.7 Å². The number of hydrogen-bond acceptors (Lipinski definition) is 4. The molecule has 0 aliphatic carbocycles. The van der Waals surface area contributed by atoms with Crippen LogP contribution in [-0.4, -0.2) is 48.2 Å². The Kier molecular flexibility index (Phi) is 3.94. The quantitative estimate of drug-likeness (QED) is 0.852. The fourth-order valence-corrected chi connectivity index (χ4v) is 2.54. The second kappa shape index (κ2) is 5.75. The van der Waals surface area contributed by atoms with Crippen molar-refractivity contribution in [3.05, 3.63) is 23.9 Å². The van der Waals surface area contributed by atoms with E-state index in [4.69, 9.17) is 9.47 Å². The fourth-order valence-electron chi connectivity index (χ4n) is 2.54. The van der Waals surface area contributed by atoms with Crippen molar-refractivity contribution in [3.63, 3.8) is 0 Å². The molecule has 3 rings (SSSR count). The molecule has 2 aliphatic heterocycles. The lowest BCUT2D eigenvalue weighted by molar-refractivity contribution is -0.147. The molecular weight excluding hydrogens is 301 g/mol. The summed E-state index contributed by atoms with van der Waals surface area (Å²) in [5, 5.41) is 0. The number of amides is 1. The highest BCUT2D eigenvalue weighted by Gasteiger charge is 2.40. The number of rotatable bonds is 3. The highest BCUT2D eigenvalue weighted by atomic mass is 19.4. The summed E-state index contributed by atoms with van der Waals surface area (Å²) in [6, 6.07) is 2.15. The number of pyridine rings is 1. The number of carbonyl (C=O) groups excluding carboxylic acids is 1. The fraction of sp³-hybridized carbons (Fsp3) is 0.571. The summed E-state index contributed by atoms with van der Waals surface area (Å²) in [7, 11) is 0. The average Bonchev–Trinajstić information content (AvgIpc) is 2.95. The van der Waals surface area contributed by atoms with Gasteiger partial charge in [0.15, 0.2) is 0 Å². The molecule has 0 N–H and O–H groups in total. The van der Waals surface area contributed by atoms with Gasteiger partial charge in [-0.3, -0.25) is 4.79 Å². The maximum absolute atomic E-state index is 12.8. The third-order valence-electron chi connectivity index (χ3n) is 3.79. The molecule has 0 radical (unpaired) electrons. The minimum atomic E-state index is -4.51. The molecule has 2 fully saturated rings. The lowest BCUT2D eigenvalue weighted by atomic mass is 10.0. The van der Waals surface area contributed by atoms with Crippen molar-refractivity contribution < 1.29 is 27.4 Å². The van der Waals surface area contributed by atoms with E-state index in [2.05, 4.69) is 4.98 Å². The van der Waals surface area contributed by atoms with Gasteiger partial charge in [-0.05, 0) is 18.6 Å². The Balaban J connectivity index is 1.57. The zero-order valence-corrected chi connectivity index (χ0v) is 11.7. The van der Waals surface area contributed by atoms with E-state index in [-0.39, 0.29) is 24.9 Å². The van der Waals surface area contributed by atoms with Crippen molar-refractivity contribution in [2.24, 2.45) is 5.92 Å². The van der Waals surface area contributed by atoms with E-state index in [1.165, 1.54) is 12.3 Å². The molecule has 22 heavy (non-hydrogen) atoms. The third-order valence-corrected chi connectivity index (χ3v) is 3.79. The first-order valence-corrected chi connectivity index (χ1v) is 7.00. The van der Waals surface area contributed by atoms with Crippen molar-refractivity contribution in [1.29, 1.82) is 0 Å². The van der Waals surface area contributed by atoms with Crippen molar-refractivity contribution >= 4 is 5.91 Å². The van der Waals surface area contributed by atoms with Crippen LogP contribution in [0.1, 0.15) is 12.0 Å². The number of likely N-dealkylation sites (tertiary alicyclic amines) is 1. The molecule has 5 nitrogen and oxygen atoms in total. The first kappa shape index (κ1) is 15.1. The summed E-state index contributed by atoms with van der Waals surface area (Å²) in [6.45, 7) is 1.55. The molecule has 2 saturated heterocycles. The zero-order chi connectivity index (χ0) is 15.7. The van der Waals surface area contributed by atoms with Gasteiger partial charge in [0.1, 0.15) is 11.7 Å². The minimum Gasteiger partial charge on any atom is -0.470 e. The van der Waals surface area contributed by atoms with Crippen molar-refractivity contribution in [1.82, 2.24) is 9.88 Å². The first-order valence-electron chi connectivity index (χ1n) is 7.00. The molecule has 8 heteroatoms. The number of hydrogen-bond donors (Lipinski definition) is 0. The van der Waals surface area contributed by atoms with Gasteiger partial charge in [0.2, 0.25) is 11.8 Å². The highest BCUT2D eigenvalue weighted by molar-refractivity contribution is 5.80.